The van der Waals surface area contributed by atoms with Gasteiger partial charge >= 0.3 is 0 Å². The molecular formula is C16H20N4O. The summed E-state index contributed by atoms with van der Waals surface area (Å²) in [4.78, 5) is 8.91. The number of fused-ring (bicyclic) bond motifs is 1. The molecule has 0 fully saturated rings. The number of aromatic hydroxyl groups is 1. The summed E-state index contributed by atoms with van der Waals surface area (Å²) in [6, 6.07) is 1.72. The van der Waals surface area contributed by atoms with Crippen LogP contribution in [0.5, 0.6) is 5.75 Å². The van der Waals surface area contributed by atoms with Crippen molar-refractivity contribution >= 4 is 5.65 Å². The molecule has 0 aliphatic carbocycles. The quantitative estimate of drug-likeness (QED) is 0.801. The fourth-order valence-electron chi connectivity index (χ4n) is 2.74. The first-order valence-corrected chi connectivity index (χ1v) is 7.22. The van der Waals surface area contributed by atoms with Gasteiger partial charge in [0.05, 0.1) is 23.9 Å². The summed E-state index contributed by atoms with van der Waals surface area (Å²) >= 11 is 0. The Balaban J connectivity index is 2.39. The van der Waals surface area contributed by atoms with E-state index in [1.165, 1.54) is 0 Å². The predicted molar refractivity (Wildman–Crippen MR) is 82.2 cm³/mol. The molecule has 0 unspecified atom stereocenters. The number of aromatic nitrogens is 4. The van der Waals surface area contributed by atoms with Crippen molar-refractivity contribution in [3.8, 4) is 11.4 Å². The fourth-order valence-corrected chi connectivity index (χ4v) is 2.74. The Hall–Kier alpha value is -2.30. The Labute approximate surface area is 123 Å². The first-order valence-electron chi connectivity index (χ1n) is 7.22. The maximum Gasteiger partial charge on any atom is 0.161 e. The third kappa shape index (κ3) is 2.18. The summed E-state index contributed by atoms with van der Waals surface area (Å²) in [6.07, 6.45) is 7.03. The maximum atomic E-state index is 10.1. The summed E-state index contributed by atoms with van der Waals surface area (Å²) in [5.41, 5.74) is 3.91. The van der Waals surface area contributed by atoms with Crippen molar-refractivity contribution in [1.29, 1.82) is 0 Å². The van der Waals surface area contributed by atoms with E-state index >= 15 is 0 Å². The van der Waals surface area contributed by atoms with Crippen molar-refractivity contribution in [3.05, 3.63) is 42.4 Å². The molecule has 3 rings (SSSR count). The van der Waals surface area contributed by atoms with Gasteiger partial charge in [-0.2, -0.15) is 0 Å². The van der Waals surface area contributed by atoms with Crippen LogP contribution in [-0.2, 0) is 0 Å². The molecule has 5 nitrogen and oxygen atoms in total. The van der Waals surface area contributed by atoms with Gasteiger partial charge in [-0.05, 0) is 11.8 Å². The topological polar surface area (TPSA) is 55.3 Å². The number of hydrogen-bond acceptors (Lipinski definition) is 3. The molecule has 0 atom stereocenters. The van der Waals surface area contributed by atoms with Crippen LogP contribution in [0.1, 0.15) is 50.9 Å². The molecule has 1 N–H and O–H groups in total. The third-order valence-electron chi connectivity index (χ3n) is 3.63. The van der Waals surface area contributed by atoms with Gasteiger partial charge in [0.1, 0.15) is 5.75 Å². The summed E-state index contributed by atoms with van der Waals surface area (Å²) in [5.74, 6) is 0.885. The van der Waals surface area contributed by atoms with Gasteiger partial charge < -0.3 is 9.67 Å². The van der Waals surface area contributed by atoms with E-state index in [9.17, 15) is 5.11 Å². The predicted octanol–water partition coefficient (Wildman–Crippen LogP) is 3.47. The number of hydrogen-bond donors (Lipinski definition) is 1. The Kier molecular flexibility index (Phi) is 3.20. The molecule has 0 spiro atoms. The van der Waals surface area contributed by atoms with E-state index in [0.717, 1.165) is 22.7 Å². The lowest BCUT2D eigenvalue weighted by atomic mass is 10.0. The average Bonchev–Trinajstić information content (AvgIpc) is 3.04. The minimum atomic E-state index is 0.223. The lowest BCUT2D eigenvalue weighted by molar-refractivity contribution is 0.471. The van der Waals surface area contributed by atoms with Gasteiger partial charge in [0, 0.05) is 24.2 Å². The first kappa shape index (κ1) is 13.7. The molecule has 0 aromatic carbocycles. The van der Waals surface area contributed by atoms with Crippen LogP contribution >= 0.6 is 0 Å². The van der Waals surface area contributed by atoms with Crippen molar-refractivity contribution in [2.45, 2.75) is 39.5 Å². The highest BCUT2D eigenvalue weighted by Crippen LogP contribution is 2.31. The first-order chi connectivity index (χ1) is 9.99. The lowest BCUT2D eigenvalue weighted by Gasteiger charge is -2.11. The van der Waals surface area contributed by atoms with E-state index in [1.807, 2.05) is 15.2 Å². The Morgan fingerprint density at radius 2 is 1.90 bits per heavy atom. The molecule has 110 valence electrons. The van der Waals surface area contributed by atoms with Crippen molar-refractivity contribution in [2.24, 2.45) is 0 Å². The molecule has 21 heavy (non-hydrogen) atoms. The molecule has 3 aromatic heterocycles. The Morgan fingerprint density at radius 1 is 1.14 bits per heavy atom. The second-order valence-electron chi connectivity index (χ2n) is 5.94. The minimum absolute atomic E-state index is 0.223. The van der Waals surface area contributed by atoms with Gasteiger partial charge in [0.15, 0.2) is 5.65 Å². The second-order valence-corrected chi connectivity index (χ2v) is 5.94. The number of rotatable bonds is 3. The maximum absolute atomic E-state index is 10.1. The molecule has 0 saturated carbocycles. The highest BCUT2D eigenvalue weighted by atomic mass is 16.3. The van der Waals surface area contributed by atoms with Gasteiger partial charge in [-0.1, -0.05) is 27.7 Å². The van der Waals surface area contributed by atoms with Gasteiger partial charge in [-0.3, -0.25) is 4.40 Å². The summed E-state index contributed by atoms with van der Waals surface area (Å²) in [7, 11) is 0. The zero-order valence-electron chi connectivity index (χ0n) is 12.8. The monoisotopic (exact) mass is 284 g/mol. The largest absolute Gasteiger partial charge is 0.506 e. The van der Waals surface area contributed by atoms with Crippen LogP contribution in [0.25, 0.3) is 11.3 Å². The Bertz CT molecular complexity index is 769. The molecule has 0 aliphatic heterocycles. The number of pyridine rings is 1. The van der Waals surface area contributed by atoms with Crippen LogP contribution in [0, 0.1) is 0 Å². The third-order valence-corrected chi connectivity index (χ3v) is 3.63. The smallest absolute Gasteiger partial charge is 0.161 e. The van der Waals surface area contributed by atoms with E-state index in [2.05, 4.69) is 32.7 Å². The zero-order valence-corrected chi connectivity index (χ0v) is 12.8. The molecule has 0 radical (unpaired) electrons. The Morgan fingerprint density at radius 3 is 2.48 bits per heavy atom. The molecule has 0 saturated heterocycles. The average molecular weight is 284 g/mol. The van der Waals surface area contributed by atoms with Crippen LogP contribution < -0.4 is 0 Å². The van der Waals surface area contributed by atoms with Crippen molar-refractivity contribution < 1.29 is 5.11 Å². The van der Waals surface area contributed by atoms with Crippen LogP contribution in [0.3, 0.4) is 0 Å². The van der Waals surface area contributed by atoms with E-state index in [1.54, 1.807) is 24.8 Å². The summed E-state index contributed by atoms with van der Waals surface area (Å²) in [6.45, 7) is 8.58. The highest BCUT2D eigenvalue weighted by molar-refractivity contribution is 5.63. The van der Waals surface area contributed by atoms with Crippen LogP contribution in [0.4, 0.5) is 0 Å². The highest BCUT2D eigenvalue weighted by Gasteiger charge is 2.20. The van der Waals surface area contributed by atoms with Gasteiger partial charge in [-0.25, -0.2) is 9.97 Å². The van der Waals surface area contributed by atoms with Gasteiger partial charge in [0.2, 0.25) is 0 Å². The van der Waals surface area contributed by atoms with Crippen LogP contribution in [-0.4, -0.2) is 24.0 Å². The molecule has 5 heteroatoms. The molecule has 0 aliphatic rings. The molecule has 3 aromatic rings. The SMILES string of the molecule is CC(C)c1nc2c(-n3ccnc3)cc(O)cn2c1C(C)C. The molecule has 3 heterocycles. The van der Waals surface area contributed by atoms with E-state index in [0.29, 0.717) is 11.8 Å². The summed E-state index contributed by atoms with van der Waals surface area (Å²) < 4.78 is 3.88. The van der Waals surface area contributed by atoms with Crippen LogP contribution in [0.15, 0.2) is 31.0 Å². The minimum Gasteiger partial charge on any atom is -0.506 e. The second kappa shape index (κ2) is 4.91. The number of imidazole rings is 2. The van der Waals surface area contributed by atoms with Gasteiger partial charge in [0.25, 0.3) is 0 Å². The summed E-state index contributed by atoms with van der Waals surface area (Å²) in [5, 5.41) is 10.1. The molecule has 0 amide bonds. The zero-order chi connectivity index (χ0) is 15.1. The van der Waals surface area contributed by atoms with Crippen molar-refractivity contribution in [2.75, 3.05) is 0 Å². The molecular weight excluding hydrogens is 264 g/mol. The van der Waals surface area contributed by atoms with E-state index in [-0.39, 0.29) is 5.75 Å². The number of nitrogens with zero attached hydrogens (tertiary/aromatic N) is 4. The van der Waals surface area contributed by atoms with E-state index in [4.69, 9.17) is 4.98 Å². The fraction of sp³-hybridized carbons (Fsp3) is 0.375. The van der Waals surface area contributed by atoms with Crippen molar-refractivity contribution in [1.82, 2.24) is 18.9 Å². The molecule has 0 bridgehead atoms. The van der Waals surface area contributed by atoms with E-state index < -0.39 is 0 Å². The van der Waals surface area contributed by atoms with Crippen LogP contribution in [0.2, 0.25) is 0 Å². The van der Waals surface area contributed by atoms with Crippen molar-refractivity contribution in [3.63, 3.8) is 0 Å². The van der Waals surface area contributed by atoms with Gasteiger partial charge in [-0.15, -0.1) is 0 Å². The lowest BCUT2D eigenvalue weighted by Crippen LogP contribution is -2.01. The normalized spacial score (nSPS) is 11.9. The standard InChI is InChI=1S/C16H20N4O/c1-10(2)14-15(11(3)4)20-8-12(21)7-13(16(20)18-14)19-6-5-17-9-19/h5-11,21H,1-4H3.